The van der Waals surface area contributed by atoms with Crippen LogP contribution in [0.4, 0.5) is 0 Å². The van der Waals surface area contributed by atoms with E-state index in [1.54, 1.807) is 0 Å². The molecular weight excluding hydrogens is 126 g/mol. The number of rotatable bonds is 0. The van der Waals surface area contributed by atoms with E-state index in [2.05, 4.69) is 11.9 Å². The van der Waals surface area contributed by atoms with Gasteiger partial charge in [0.1, 0.15) is 6.04 Å². The predicted molar refractivity (Wildman–Crippen MR) is 40.7 cm³/mol. The second kappa shape index (κ2) is 2.06. The van der Waals surface area contributed by atoms with E-state index in [1.165, 1.54) is 19.3 Å². The molecule has 10 heavy (non-hydrogen) atoms. The highest BCUT2D eigenvalue weighted by Crippen LogP contribution is 2.31. The summed E-state index contributed by atoms with van der Waals surface area (Å²) < 4.78 is 0. The van der Waals surface area contributed by atoms with Crippen LogP contribution < -0.4 is 0 Å². The topological polar surface area (TPSA) is 24.6 Å². The SMILES string of the molecule is CN1C2CCC(=[OH+])C1CC2. The number of ketones is 1. The van der Waals surface area contributed by atoms with Gasteiger partial charge in [0.25, 0.3) is 0 Å². The number of hydrogen-bond donors (Lipinski definition) is 0. The minimum absolute atomic E-state index is 0.402. The molecule has 0 spiro atoms. The van der Waals surface area contributed by atoms with Gasteiger partial charge in [-0.3, -0.25) is 9.69 Å². The van der Waals surface area contributed by atoms with Crippen LogP contribution in [0.1, 0.15) is 25.7 Å². The second-order valence-electron chi connectivity index (χ2n) is 3.44. The number of piperidine rings is 1. The first kappa shape index (κ1) is 6.35. The summed E-state index contributed by atoms with van der Waals surface area (Å²) in [4.78, 5) is 11.8. The predicted octanol–water partition coefficient (Wildman–Crippen LogP) is 0.788. The van der Waals surface area contributed by atoms with Gasteiger partial charge in [0.05, 0.1) is 6.42 Å². The molecule has 2 fully saturated rings. The highest BCUT2D eigenvalue weighted by molar-refractivity contribution is 5.86. The van der Waals surface area contributed by atoms with E-state index >= 15 is 0 Å². The summed E-state index contributed by atoms with van der Waals surface area (Å²) in [5.74, 6) is 0.719. The summed E-state index contributed by atoms with van der Waals surface area (Å²) in [6.07, 6.45) is 4.57. The van der Waals surface area contributed by atoms with E-state index in [9.17, 15) is 4.79 Å². The lowest BCUT2D eigenvalue weighted by molar-refractivity contribution is 0.242. The smallest absolute Gasteiger partial charge is 0.289 e. The molecule has 1 N–H and O–H groups in total. The summed E-state index contributed by atoms with van der Waals surface area (Å²) in [5.41, 5.74) is 0. The zero-order valence-electron chi connectivity index (χ0n) is 6.38. The first-order valence-corrected chi connectivity index (χ1v) is 4.05. The Hall–Kier alpha value is -0.370. The largest absolute Gasteiger partial charge is 0.310 e. The Morgan fingerprint density at radius 1 is 1.40 bits per heavy atom. The van der Waals surface area contributed by atoms with Crippen molar-refractivity contribution in [1.82, 2.24) is 4.90 Å². The summed E-state index contributed by atoms with van der Waals surface area (Å²) in [5, 5.41) is 0. The van der Waals surface area contributed by atoms with Crippen molar-refractivity contribution in [2.24, 2.45) is 0 Å². The Morgan fingerprint density at radius 3 is 2.90 bits per heavy atom. The van der Waals surface area contributed by atoms with Gasteiger partial charge in [0.2, 0.25) is 0 Å². The zero-order valence-corrected chi connectivity index (χ0v) is 6.38. The monoisotopic (exact) mass is 140 g/mol. The Morgan fingerprint density at radius 2 is 2.20 bits per heavy atom. The maximum Gasteiger partial charge on any atom is 0.310 e. The molecule has 2 aliphatic heterocycles. The molecule has 0 aliphatic carbocycles. The minimum Gasteiger partial charge on any atom is -0.289 e. The van der Waals surface area contributed by atoms with Crippen LogP contribution in [0.3, 0.4) is 0 Å². The molecular formula is C8H14NO+. The molecule has 2 heteroatoms. The van der Waals surface area contributed by atoms with Gasteiger partial charge in [-0.25, -0.2) is 0 Å². The Balaban J connectivity index is 2.20. The van der Waals surface area contributed by atoms with Gasteiger partial charge in [-0.2, -0.15) is 0 Å². The van der Waals surface area contributed by atoms with Crippen molar-refractivity contribution in [3.8, 4) is 0 Å². The van der Waals surface area contributed by atoms with Crippen molar-refractivity contribution in [2.45, 2.75) is 37.8 Å². The van der Waals surface area contributed by atoms with E-state index in [1.807, 2.05) is 0 Å². The fourth-order valence-electron chi connectivity index (χ4n) is 2.24. The van der Waals surface area contributed by atoms with E-state index in [0.29, 0.717) is 6.04 Å². The quantitative estimate of drug-likeness (QED) is 0.456. The fraction of sp³-hybridized carbons (Fsp3) is 0.875. The third-order valence-corrected chi connectivity index (χ3v) is 2.96. The standard InChI is InChI=1S/C8H13NO/c1-9-6-2-4-7(9)8(10)5-3-6/h6-7H,2-5H2,1H3/p+1. The highest BCUT2D eigenvalue weighted by atomic mass is 16.1. The lowest BCUT2D eigenvalue weighted by atomic mass is 10.0. The summed E-state index contributed by atoms with van der Waals surface area (Å²) in [6, 6.07) is 1.17. The maximum atomic E-state index is 9.44. The van der Waals surface area contributed by atoms with Crippen LogP contribution in [-0.2, 0) is 0 Å². The number of fused-ring (bicyclic) bond motifs is 2. The van der Waals surface area contributed by atoms with Crippen molar-refractivity contribution >= 4 is 5.78 Å². The average Bonchev–Trinajstić information content (AvgIpc) is 2.13. The fourth-order valence-corrected chi connectivity index (χ4v) is 2.24. The van der Waals surface area contributed by atoms with Gasteiger partial charge in [0.15, 0.2) is 0 Å². The lowest BCUT2D eigenvalue weighted by Gasteiger charge is -2.26. The Bertz CT molecular complexity index is 167. The van der Waals surface area contributed by atoms with Crippen molar-refractivity contribution in [3.05, 3.63) is 0 Å². The molecule has 0 aromatic rings. The summed E-state index contributed by atoms with van der Waals surface area (Å²) >= 11 is 0. The molecule has 0 amide bonds. The van der Waals surface area contributed by atoms with Gasteiger partial charge in [-0.1, -0.05) is 0 Å². The van der Waals surface area contributed by atoms with Crippen LogP contribution in [0.15, 0.2) is 0 Å². The molecule has 2 heterocycles. The summed E-state index contributed by atoms with van der Waals surface area (Å²) in [6.45, 7) is 0. The van der Waals surface area contributed by atoms with E-state index in [4.69, 9.17) is 0 Å². The number of likely N-dealkylation sites (N-methyl/N-ethyl adjacent to an activating group) is 1. The van der Waals surface area contributed by atoms with Gasteiger partial charge in [-0.05, 0) is 26.3 Å². The number of carbonyl (C=O) groups excluding carboxylic acids is 1. The zero-order chi connectivity index (χ0) is 7.14. The van der Waals surface area contributed by atoms with Crippen molar-refractivity contribution < 1.29 is 4.79 Å². The number of hydrogen-bond acceptors (Lipinski definition) is 1. The maximum absolute atomic E-state index is 9.44. The van der Waals surface area contributed by atoms with Crippen molar-refractivity contribution in [1.29, 1.82) is 0 Å². The third-order valence-electron chi connectivity index (χ3n) is 2.96. The minimum atomic E-state index is 0.402. The summed E-state index contributed by atoms with van der Waals surface area (Å²) in [7, 11) is 2.12. The molecule has 2 atom stereocenters. The van der Waals surface area contributed by atoms with E-state index in [-0.39, 0.29) is 0 Å². The van der Waals surface area contributed by atoms with Gasteiger partial charge in [0, 0.05) is 6.04 Å². The van der Waals surface area contributed by atoms with Crippen LogP contribution >= 0.6 is 0 Å². The van der Waals surface area contributed by atoms with Gasteiger partial charge < -0.3 is 0 Å². The van der Waals surface area contributed by atoms with Crippen molar-refractivity contribution in [3.63, 3.8) is 0 Å². The molecule has 2 unspecified atom stereocenters. The first-order valence-electron chi connectivity index (χ1n) is 4.05. The van der Waals surface area contributed by atoms with Crippen LogP contribution in [0.5, 0.6) is 0 Å². The molecule has 0 radical (unpaired) electrons. The molecule has 2 aliphatic rings. The second-order valence-corrected chi connectivity index (χ2v) is 3.44. The molecule has 0 aromatic carbocycles. The van der Waals surface area contributed by atoms with Gasteiger partial charge >= 0.3 is 5.78 Å². The molecule has 0 saturated carbocycles. The van der Waals surface area contributed by atoms with Crippen molar-refractivity contribution in [2.75, 3.05) is 7.05 Å². The molecule has 0 aromatic heterocycles. The van der Waals surface area contributed by atoms with Crippen LogP contribution in [0, 0.1) is 0 Å². The Labute approximate surface area is 61.2 Å². The van der Waals surface area contributed by atoms with Crippen LogP contribution in [0.2, 0.25) is 0 Å². The molecule has 2 bridgehead atoms. The average molecular weight is 140 g/mol. The molecule has 2 rings (SSSR count). The third kappa shape index (κ3) is 0.717. The molecule has 2 nitrogen and oxygen atoms in total. The molecule has 2 saturated heterocycles. The van der Waals surface area contributed by atoms with Crippen LogP contribution in [0.25, 0.3) is 0 Å². The molecule has 56 valence electrons. The normalized spacial score (nSPS) is 40.7. The van der Waals surface area contributed by atoms with E-state index < -0.39 is 0 Å². The first-order chi connectivity index (χ1) is 4.79. The number of nitrogens with zero attached hydrogens (tertiary/aromatic N) is 1. The van der Waals surface area contributed by atoms with Crippen LogP contribution in [-0.4, -0.2) is 34.6 Å². The highest BCUT2D eigenvalue weighted by Gasteiger charge is 2.42. The van der Waals surface area contributed by atoms with E-state index in [0.717, 1.165) is 18.2 Å². The Kier molecular flexibility index (Phi) is 1.31. The van der Waals surface area contributed by atoms with Gasteiger partial charge in [-0.15, -0.1) is 0 Å². The lowest BCUT2D eigenvalue weighted by Crippen LogP contribution is -2.42.